The highest BCUT2D eigenvalue weighted by atomic mass is 15.2. The van der Waals surface area contributed by atoms with Crippen molar-refractivity contribution in [2.75, 3.05) is 0 Å². The summed E-state index contributed by atoms with van der Waals surface area (Å²) in [5.74, 6) is 5.72. The summed E-state index contributed by atoms with van der Waals surface area (Å²) in [5, 5.41) is 2.37. The summed E-state index contributed by atoms with van der Waals surface area (Å²) in [7, 11) is 0. The van der Waals surface area contributed by atoms with Gasteiger partial charge in [-0.25, -0.2) is 15.4 Å². The first-order chi connectivity index (χ1) is 9.40. The van der Waals surface area contributed by atoms with Gasteiger partial charge in [0.05, 0.1) is 6.04 Å². The molecule has 1 atom stereocenters. The fraction of sp³-hybridized carbons (Fsp3) is 0.0667. The first kappa shape index (κ1) is 11.8. The molecule has 3 rings (SSSR count). The summed E-state index contributed by atoms with van der Waals surface area (Å²) in [6.07, 6.45) is 5.07. The van der Waals surface area contributed by atoms with Gasteiger partial charge < -0.3 is 0 Å². The minimum atomic E-state index is -0.118. The van der Waals surface area contributed by atoms with Crippen LogP contribution in [0.25, 0.3) is 10.8 Å². The largest absolute Gasteiger partial charge is 0.271 e. The number of rotatable bonds is 3. The average Bonchev–Trinajstić information content (AvgIpc) is 2.49. The molecule has 4 heteroatoms. The molecular weight excluding hydrogens is 236 g/mol. The van der Waals surface area contributed by atoms with Gasteiger partial charge in [-0.3, -0.25) is 5.84 Å². The zero-order chi connectivity index (χ0) is 13.1. The maximum Gasteiger partial charge on any atom is 0.115 e. The van der Waals surface area contributed by atoms with Crippen LogP contribution in [0.4, 0.5) is 0 Å². The van der Waals surface area contributed by atoms with Crippen molar-refractivity contribution in [1.29, 1.82) is 0 Å². The molecule has 0 aliphatic carbocycles. The van der Waals surface area contributed by atoms with Gasteiger partial charge in [-0.05, 0) is 16.3 Å². The third-order valence-electron chi connectivity index (χ3n) is 3.21. The summed E-state index contributed by atoms with van der Waals surface area (Å²) in [6.45, 7) is 0. The van der Waals surface area contributed by atoms with E-state index in [0.717, 1.165) is 11.1 Å². The Morgan fingerprint density at radius 3 is 2.47 bits per heavy atom. The van der Waals surface area contributed by atoms with Crippen molar-refractivity contribution in [1.82, 2.24) is 15.4 Å². The molecule has 3 aromatic rings. The van der Waals surface area contributed by atoms with Gasteiger partial charge in [0.2, 0.25) is 0 Å². The van der Waals surface area contributed by atoms with Gasteiger partial charge in [0.25, 0.3) is 0 Å². The molecular formula is C15H14N4. The lowest BCUT2D eigenvalue weighted by Crippen LogP contribution is -2.29. The molecule has 0 amide bonds. The second kappa shape index (κ2) is 5.14. The number of hydrogen-bond donors (Lipinski definition) is 2. The lowest BCUT2D eigenvalue weighted by atomic mass is 9.96. The van der Waals surface area contributed by atoms with Crippen LogP contribution in [0.1, 0.15) is 17.2 Å². The van der Waals surface area contributed by atoms with E-state index in [1.54, 1.807) is 12.4 Å². The van der Waals surface area contributed by atoms with Crippen LogP contribution in [0.2, 0.25) is 0 Å². The van der Waals surface area contributed by atoms with Crippen LogP contribution in [-0.4, -0.2) is 9.97 Å². The highest BCUT2D eigenvalue weighted by molar-refractivity contribution is 5.86. The molecule has 0 radical (unpaired) electrons. The van der Waals surface area contributed by atoms with E-state index in [1.807, 2.05) is 18.2 Å². The van der Waals surface area contributed by atoms with E-state index in [0.29, 0.717) is 0 Å². The molecule has 3 N–H and O–H groups in total. The van der Waals surface area contributed by atoms with Crippen molar-refractivity contribution >= 4 is 10.8 Å². The standard InChI is InChI=1S/C15H14N4/c16-19-15(12-8-17-10-18-9-12)14-7-3-5-11-4-1-2-6-13(11)14/h1-10,15,19H,16H2. The van der Waals surface area contributed by atoms with Crippen molar-refractivity contribution < 1.29 is 0 Å². The van der Waals surface area contributed by atoms with E-state index in [2.05, 4.69) is 39.7 Å². The van der Waals surface area contributed by atoms with Gasteiger partial charge in [0, 0.05) is 18.0 Å². The fourth-order valence-electron chi connectivity index (χ4n) is 2.33. The zero-order valence-electron chi connectivity index (χ0n) is 10.3. The Kier molecular flexibility index (Phi) is 3.18. The van der Waals surface area contributed by atoms with Crippen LogP contribution in [-0.2, 0) is 0 Å². The Bertz CT molecular complexity index is 677. The molecule has 0 bridgehead atoms. The number of hydrazine groups is 1. The van der Waals surface area contributed by atoms with E-state index in [1.165, 1.54) is 17.1 Å². The molecule has 4 nitrogen and oxygen atoms in total. The second-order valence-corrected chi connectivity index (χ2v) is 4.34. The monoisotopic (exact) mass is 250 g/mol. The molecule has 19 heavy (non-hydrogen) atoms. The second-order valence-electron chi connectivity index (χ2n) is 4.34. The molecule has 1 heterocycles. The highest BCUT2D eigenvalue weighted by Gasteiger charge is 2.15. The number of nitrogens with one attached hydrogen (secondary N) is 1. The van der Waals surface area contributed by atoms with Crippen LogP contribution in [0.5, 0.6) is 0 Å². The van der Waals surface area contributed by atoms with Gasteiger partial charge in [-0.2, -0.15) is 0 Å². The Balaban J connectivity index is 2.17. The van der Waals surface area contributed by atoms with Crippen molar-refractivity contribution in [3.05, 3.63) is 72.3 Å². The van der Waals surface area contributed by atoms with E-state index < -0.39 is 0 Å². The van der Waals surface area contributed by atoms with Gasteiger partial charge in [-0.1, -0.05) is 42.5 Å². The molecule has 0 spiro atoms. The first-order valence-corrected chi connectivity index (χ1v) is 6.09. The molecule has 1 aromatic heterocycles. The van der Waals surface area contributed by atoms with Crippen LogP contribution in [0.15, 0.2) is 61.2 Å². The normalized spacial score (nSPS) is 12.5. The summed E-state index contributed by atoms with van der Waals surface area (Å²) >= 11 is 0. The molecule has 0 saturated heterocycles. The lowest BCUT2D eigenvalue weighted by Gasteiger charge is -2.18. The van der Waals surface area contributed by atoms with Crippen molar-refractivity contribution in [2.24, 2.45) is 5.84 Å². The van der Waals surface area contributed by atoms with Crippen LogP contribution in [0.3, 0.4) is 0 Å². The SMILES string of the molecule is NNC(c1cncnc1)c1cccc2ccccc12. The van der Waals surface area contributed by atoms with Crippen LogP contribution in [0, 0.1) is 0 Å². The Labute approximate surface area is 111 Å². The third-order valence-corrected chi connectivity index (χ3v) is 3.21. The van der Waals surface area contributed by atoms with E-state index in [9.17, 15) is 0 Å². The molecule has 94 valence electrons. The van der Waals surface area contributed by atoms with E-state index >= 15 is 0 Å². The molecule has 0 saturated carbocycles. The number of hydrogen-bond acceptors (Lipinski definition) is 4. The number of fused-ring (bicyclic) bond motifs is 1. The number of nitrogens with zero attached hydrogens (tertiary/aromatic N) is 2. The average molecular weight is 250 g/mol. The highest BCUT2D eigenvalue weighted by Crippen LogP contribution is 2.27. The maximum absolute atomic E-state index is 5.72. The van der Waals surface area contributed by atoms with E-state index in [-0.39, 0.29) is 6.04 Å². The summed E-state index contributed by atoms with van der Waals surface area (Å²) in [6, 6.07) is 14.3. The third kappa shape index (κ3) is 2.19. The van der Waals surface area contributed by atoms with E-state index in [4.69, 9.17) is 5.84 Å². The molecule has 2 aromatic carbocycles. The van der Waals surface area contributed by atoms with Gasteiger partial charge in [0.15, 0.2) is 0 Å². The van der Waals surface area contributed by atoms with Crippen molar-refractivity contribution in [3.63, 3.8) is 0 Å². The zero-order valence-corrected chi connectivity index (χ0v) is 10.3. The number of aromatic nitrogens is 2. The summed E-state index contributed by atoms with van der Waals surface area (Å²) in [5.41, 5.74) is 4.91. The lowest BCUT2D eigenvalue weighted by molar-refractivity contribution is 0.636. The van der Waals surface area contributed by atoms with Crippen molar-refractivity contribution in [3.8, 4) is 0 Å². The minimum Gasteiger partial charge on any atom is -0.271 e. The number of benzene rings is 2. The Morgan fingerprint density at radius 2 is 1.68 bits per heavy atom. The fourth-order valence-corrected chi connectivity index (χ4v) is 2.33. The van der Waals surface area contributed by atoms with Crippen LogP contribution < -0.4 is 11.3 Å². The van der Waals surface area contributed by atoms with Gasteiger partial charge >= 0.3 is 0 Å². The summed E-state index contributed by atoms with van der Waals surface area (Å²) in [4.78, 5) is 8.10. The van der Waals surface area contributed by atoms with Gasteiger partial charge in [-0.15, -0.1) is 0 Å². The van der Waals surface area contributed by atoms with Crippen LogP contribution >= 0.6 is 0 Å². The molecule has 0 fully saturated rings. The molecule has 1 unspecified atom stereocenters. The maximum atomic E-state index is 5.72. The molecule has 0 aliphatic rings. The predicted octanol–water partition coefficient (Wildman–Crippen LogP) is 2.18. The number of nitrogens with two attached hydrogens (primary N) is 1. The minimum absolute atomic E-state index is 0.118. The first-order valence-electron chi connectivity index (χ1n) is 6.09. The Morgan fingerprint density at radius 1 is 0.947 bits per heavy atom. The molecule has 0 aliphatic heterocycles. The topological polar surface area (TPSA) is 63.8 Å². The Hall–Kier alpha value is -2.30. The summed E-state index contributed by atoms with van der Waals surface area (Å²) < 4.78 is 0. The smallest absolute Gasteiger partial charge is 0.115 e. The predicted molar refractivity (Wildman–Crippen MR) is 75.1 cm³/mol. The van der Waals surface area contributed by atoms with Gasteiger partial charge in [0.1, 0.15) is 6.33 Å². The quantitative estimate of drug-likeness (QED) is 0.552. The van der Waals surface area contributed by atoms with Crippen molar-refractivity contribution in [2.45, 2.75) is 6.04 Å².